The normalized spacial score (nSPS) is 12.8. The van der Waals surface area contributed by atoms with Crippen molar-refractivity contribution >= 4 is 34.9 Å². The van der Waals surface area contributed by atoms with Gasteiger partial charge in [0.25, 0.3) is 0 Å². The van der Waals surface area contributed by atoms with Gasteiger partial charge in [0, 0.05) is 30.1 Å². The maximum atomic E-state index is 12.8. The molecular weight excluding hydrogens is 440 g/mol. The van der Waals surface area contributed by atoms with Crippen molar-refractivity contribution < 1.29 is 24.3 Å². The maximum Gasteiger partial charge on any atom is 0.303 e. The summed E-state index contributed by atoms with van der Waals surface area (Å²) in [4.78, 5) is 49.2. The number of carbonyl (C=O) groups excluding carboxylic acids is 3. The molecule has 2 rings (SSSR count). The number of nitrogens with two attached hydrogens (primary N) is 1. The number of carbonyl (C=O) groups is 4. The number of carboxylic acids is 1. The van der Waals surface area contributed by atoms with Crippen LogP contribution >= 0.6 is 11.3 Å². The molecule has 0 saturated carbocycles. The van der Waals surface area contributed by atoms with Gasteiger partial charge in [-0.1, -0.05) is 44.2 Å². The van der Waals surface area contributed by atoms with E-state index in [1.54, 1.807) is 11.3 Å². The molecule has 0 fully saturated rings. The van der Waals surface area contributed by atoms with E-state index in [0.717, 1.165) is 11.1 Å². The Labute approximate surface area is 198 Å². The van der Waals surface area contributed by atoms with Gasteiger partial charge in [0.15, 0.2) is 5.78 Å². The van der Waals surface area contributed by atoms with E-state index in [1.807, 2.05) is 55.6 Å². The number of ketones is 1. The number of hydrogen-bond acceptors (Lipinski definition) is 5. The van der Waals surface area contributed by atoms with E-state index in [-0.39, 0.29) is 43.3 Å². The van der Waals surface area contributed by atoms with Crippen LogP contribution in [0.15, 0.2) is 41.8 Å². The number of aliphatic carboxylic acids is 1. The lowest BCUT2D eigenvalue weighted by atomic mass is 9.89. The zero-order chi connectivity index (χ0) is 24.4. The number of hydrogen-bond donors (Lipinski definition) is 3. The lowest BCUT2D eigenvalue weighted by Gasteiger charge is -2.21. The molecule has 0 bridgehead atoms. The molecule has 0 aliphatic carbocycles. The van der Waals surface area contributed by atoms with Gasteiger partial charge in [0.1, 0.15) is 0 Å². The summed E-state index contributed by atoms with van der Waals surface area (Å²) in [5.41, 5.74) is 7.54. The first kappa shape index (κ1) is 26.3. The molecule has 2 aromatic rings. The van der Waals surface area contributed by atoms with Gasteiger partial charge >= 0.3 is 5.97 Å². The predicted octanol–water partition coefficient (Wildman–Crippen LogP) is 3.80. The van der Waals surface area contributed by atoms with Crippen molar-refractivity contribution in [3.05, 3.63) is 47.3 Å². The average molecular weight is 473 g/mol. The van der Waals surface area contributed by atoms with Crippen LogP contribution < -0.4 is 11.1 Å². The zero-order valence-electron chi connectivity index (χ0n) is 19.1. The van der Waals surface area contributed by atoms with Gasteiger partial charge in [0.05, 0.1) is 6.04 Å². The Balaban J connectivity index is 1.95. The third kappa shape index (κ3) is 9.18. The summed E-state index contributed by atoms with van der Waals surface area (Å²) < 4.78 is 0. The maximum absolute atomic E-state index is 12.8. The van der Waals surface area contributed by atoms with Crippen molar-refractivity contribution in [2.45, 2.75) is 58.4 Å². The zero-order valence-corrected chi connectivity index (χ0v) is 19.9. The number of nitrogens with one attached hydrogen (secondary N) is 1. The first-order valence-corrected chi connectivity index (χ1v) is 12.0. The molecular formula is C25H32N2O5S. The molecule has 0 saturated heterocycles. The van der Waals surface area contributed by atoms with Crippen LogP contribution in [0, 0.1) is 11.8 Å². The molecule has 33 heavy (non-hydrogen) atoms. The number of carboxylic acid groups (broad SMARTS) is 1. The number of amides is 2. The van der Waals surface area contributed by atoms with E-state index in [2.05, 4.69) is 5.32 Å². The van der Waals surface area contributed by atoms with Crippen LogP contribution in [0.1, 0.15) is 51.5 Å². The molecule has 0 unspecified atom stereocenters. The third-order valence-corrected chi connectivity index (χ3v) is 6.30. The summed E-state index contributed by atoms with van der Waals surface area (Å²) in [5.74, 6) is -2.78. The topological polar surface area (TPSA) is 127 Å². The van der Waals surface area contributed by atoms with Gasteiger partial charge in [-0.15, -0.1) is 11.3 Å². The second-order valence-corrected chi connectivity index (χ2v) is 9.57. The van der Waals surface area contributed by atoms with Crippen molar-refractivity contribution in [3.8, 4) is 10.4 Å². The number of thiophene rings is 1. The predicted molar refractivity (Wildman–Crippen MR) is 129 cm³/mol. The van der Waals surface area contributed by atoms with E-state index in [4.69, 9.17) is 10.8 Å². The Bertz CT molecular complexity index is 938. The fraction of sp³-hybridized carbons (Fsp3) is 0.440. The molecule has 1 aromatic carbocycles. The Kier molecular flexibility index (Phi) is 10.3. The summed E-state index contributed by atoms with van der Waals surface area (Å²) >= 11 is 1.66. The fourth-order valence-corrected chi connectivity index (χ4v) is 4.37. The highest BCUT2D eigenvalue weighted by Crippen LogP contribution is 2.25. The highest BCUT2D eigenvalue weighted by atomic mass is 32.1. The average Bonchev–Trinajstić information content (AvgIpc) is 3.29. The van der Waals surface area contributed by atoms with E-state index in [0.29, 0.717) is 12.8 Å². The van der Waals surface area contributed by atoms with Crippen LogP contribution in [0.5, 0.6) is 0 Å². The molecule has 7 nitrogen and oxygen atoms in total. The lowest BCUT2D eigenvalue weighted by molar-refractivity contribution is -0.138. The van der Waals surface area contributed by atoms with Crippen LogP contribution in [0.2, 0.25) is 0 Å². The lowest BCUT2D eigenvalue weighted by Crippen LogP contribution is -2.43. The van der Waals surface area contributed by atoms with Gasteiger partial charge in [-0.05, 0) is 47.8 Å². The number of primary amides is 1. The molecule has 178 valence electrons. The number of benzene rings is 1. The highest BCUT2D eigenvalue weighted by Gasteiger charge is 2.27. The van der Waals surface area contributed by atoms with Crippen molar-refractivity contribution in [1.82, 2.24) is 5.32 Å². The Morgan fingerprint density at radius 2 is 1.76 bits per heavy atom. The number of aryl methyl sites for hydroxylation is 1. The van der Waals surface area contributed by atoms with Gasteiger partial charge in [-0.2, -0.15) is 0 Å². The van der Waals surface area contributed by atoms with Crippen molar-refractivity contribution in [3.63, 3.8) is 0 Å². The smallest absolute Gasteiger partial charge is 0.303 e. The molecule has 0 aliphatic rings. The second kappa shape index (κ2) is 12.9. The van der Waals surface area contributed by atoms with E-state index in [1.165, 1.54) is 4.88 Å². The standard InChI is InChI=1S/C25H32N2O5S/c1-16(2)14-19(25(26)32)15-21(28)20(10-12-24(30)31)27-23(29)11-7-17-5-8-18(9-6-17)22-4-3-13-33-22/h3-6,8-9,13,16,19-20H,7,10-12,14-15H2,1-2H3,(H2,26,32)(H,27,29)(H,30,31)/t19-,20+/m1/s1. The van der Waals surface area contributed by atoms with Crippen LogP contribution in [-0.4, -0.2) is 34.7 Å². The molecule has 8 heteroatoms. The van der Waals surface area contributed by atoms with Crippen molar-refractivity contribution in [2.75, 3.05) is 0 Å². The minimum absolute atomic E-state index is 0.0252. The van der Waals surface area contributed by atoms with Crippen LogP contribution in [-0.2, 0) is 25.6 Å². The molecule has 4 N–H and O–H groups in total. The minimum Gasteiger partial charge on any atom is -0.481 e. The Morgan fingerprint density at radius 3 is 2.30 bits per heavy atom. The summed E-state index contributed by atoms with van der Waals surface area (Å²) in [6.45, 7) is 3.86. The number of rotatable bonds is 14. The molecule has 0 spiro atoms. The largest absolute Gasteiger partial charge is 0.481 e. The quantitative estimate of drug-likeness (QED) is 0.385. The Hall–Kier alpha value is -3.00. The van der Waals surface area contributed by atoms with Crippen molar-refractivity contribution in [2.24, 2.45) is 17.6 Å². The third-order valence-electron chi connectivity index (χ3n) is 5.38. The number of Topliss-reactive ketones (excluding diaryl/α,β-unsaturated/α-hetero) is 1. The summed E-state index contributed by atoms with van der Waals surface area (Å²) in [6.07, 6.45) is 0.730. The summed E-state index contributed by atoms with van der Waals surface area (Å²) in [5, 5.41) is 13.7. The second-order valence-electron chi connectivity index (χ2n) is 8.63. The summed E-state index contributed by atoms with van der Waals surface area (Å²) in [7, 11) is 0. The first-order valence-electron chi connectivity index (χ1n) is 11.1. The molecule has 2 atom stereocenters. The molecule has 2 amide bonds. The summed E-state index contributed by atoms with van der Waals surface area (Å²) in [6, 6.07) is 11.1. The van der Waals surface area contributed by atoms with Crippen LogP contribution in [0.4, 0.5) is 0 Å². The first-order chi connectivity index (χ1) is 15.7. The van der Waals surface area contributed by atoms with Gasteiger partial charge < -0.3 is 16.2 Å². The highest BCUT2D eigenvalue weighted by molar-refractivity contribution is 7.13. The SMILES string of the molecule is CC(C)C[C@H](CC(=O)[C@H](CCC(=O)O)NC(=O)CCc1ccc(-c2cccs2)cc1)C(N)=O. The fourth-order valence-electron chi connectivity index (χ4n) is 3.64. The van der Waals surface area contributed by atoms with E-state index >= 15 is 0 Å². The van der Waals surface area contributed by atoms with Gasteiger partial charge in [0.2, 0.25) is 11.8 Å². The van der Waals surface area contributed by atoms with Gasteiger partial charge in [-0.25, -0.2) is 0 Å². The molecule has 0 radical (unpaired) electrons. The minimum atomic E-state index is -1.05. The van der Waals surface area contributed by atoms with Crippen molar-refractivity contribution in [1.29, 1.82) is 0 Å². The molecule has 1 aromatic heterocycles. The molecule has 1 heterocycles. The monoisotopic (exact) mass is 472 g/mol. The Morgan fingerprint density at radius 1 is 1.06 bits per heavy atom. The van der Waals surface area contributed by atoms with E-state index < -0.39 is 23.8 Å². The van der Waals surface area contributed by atoms with Crippen LogP contribution in [0.3, 0.4) is 0 Å². The molecule has 0 aliphatic heterocycles. The van der Waals surface area contributed by atoms with E-state index in [9.17, 15) is 19.2 Å². The van der Waals surface area contributed by atoms with Crippen LogP contribution in [0.25, 0.3) is 10.4 Å². The van der Waals surface area contributed by atoms with Gasteiger partial charge in [-0.3, -0.25) is 19.2 Å².